The molecule has 1 radical (unpaired) electrons. The zero-order valence-electron chi connectivity index (χ0n) is 11.5. The van der Waals surface area contributed by atoms with Gasteiger partial charge in [-0.25, -0.2) is 0 Å². The average Bonchev–Trinajstić information content (AvgIpc) is 1.94. The first-order valence-corrected chi connectivity index (χ1v) is 9.62. The molecule has 0 spiro atoms. The Morgan fingerprint density at radius 3 is 1.93 bits per heavy atom. The Kier molecular flexibility index (Phi) is 4.13. The van der Waals surface area contributed by atoms with Crippen LogP contribution in [0.25, 0.3) is 0 Å². The van der Waals surface area contributed by atoms with Crippen LogP contribution in [0.1, 0.15) is 41.5 Å². The van der Waals surface area contributed by atoms with Gasteiger partial charge < -0.3 is 0 Å². The van der Waals surface area contributed by atoms with Crippen molar-refractivity contribution >= 4 is 20.6 Å². The molecule has 1 aliphatic heterocycles. The Morgan fingerprint density at radius 2 is 1.67 bits per heavy atom. The maximum atomic E-state index is 2.76. The van der Waals surface area contributed by atoms with Gasteiger partial charge in [0, 0.05) is 0 Å². The number of hydrogen-bond donors (Lipinski definition) is 0. The summed E-state index contributed by atoms with van der Waals surface area (Å²) in [6.07, 6.45) is 0.627. The van der Waals surface area contributed by atoms with Crippen molar-refractivity contribution in [2.45, 2.75) is 59.3 Å². The molecule has 15 heavy (non-hydrogen) atoms. The van der Waals surface area contributed by atoms with E-state index in [1.807, 2.05) is 0 Å². The molecule has 0 aliphatic carbocycles. The van der Waals surface area contributed by atoms with Gasteiger partial charge in [0.15, 0.2) is 0 Å². The van der Waals surface area contributed by atoms with Crippen molar-refractivity contribution < 1.29 is 0 Å². The Hall–Kier alpha value is 0.679. The van der Waals surface area contributed by atoms with Crippen molar-refractivity contribution in [1.29, 1.82) is 0 Å². The summed E-state index contributed by atoms with van der Waals surface area (Å²) >= 11 is -1.66. The van der Waals surface area contributed by atoms with E-state index >= 15 is 0 Å². The van der Waals surface area contributed by atoms with Crippen molar-refractivity contribution in [3.8, 4) is 0 Å². The SMILES string of the molecule is CC(C)[N]1C(C)[N](C(C)(C)C)[Sn]1[N](C)C. The van der Waals surface area contributed by atoms with Crippen molar-refractivity contribution in [1.82, 2.24) is 9.36 Å². The van der Waals surface area contributed by atoms with Gasteiger partial charge in [-0.05, 0) is 0 Å². The van der Waals surface area contributed by atoms with Crippen LogP contribution in [-0.2, 0) is 0 Å². The molecule has 0 N–H and O–H groups in total. The van der Waals surface area contributed by atoms with Crippen LogP contribution in [0.2, 0.25) is 0 Å². The molecule has 0 bridgehead atoms. The first-order chi connectivity index (χ1) is 6.68. The first kappa shape index (κ1) is 13.7. The third-order valence-electron chi connectivity index (χ3n) is 2.90. The molecule has 1 rings (SSSR count). The van der Waals surface area contributed by atoms with Gasteiger partial charge in [0.05, 0.1) is 0 Å². The predicted octanol–water partition coefficient (Wildman–Crippen LogP) is 1.70. The van der Waals surface area contributed by atoms with E-state index in [-0.39, 0.29) is 0 Å². The van der Waals surface area contributed by atoms with E-state index in [0.717, 1.165) is 0 Å². The third-order valence-corrected chi connectivity index (χ3v) is 13.3. The van der Waals surface area contributed by atoms with E-state index in [1.165, 1.54) is 0 Å². The van der Waals surface area contributed by atoms with E-state index in [2.05, 4.69) is 65.0 Å². The molecule has 0 aromatic heterocycles. The normalized spacial score (nSPS) is 26.4. The molecule has 1 unspecified atom stereocenters. The van der Waals surface area contributed by atoms with Gasteiger partial charge in [-0.2, -0.15) is 0 Å². The van der Waals surface area contributed by atoms with Crippen LogP contribution >= 0.6 is 0 Å². The van der Waals surface area contributed by atoms with Crippen molar-refractivity contribution in [2.24, 2.45) is 0 Å². The summed E-state index contributed by atoms with van der Waals surface area (Å²) in [6.45, 7) is 14.0. The van der Waals surface area contributed by atoms with E-state index in [4.69, 9.17) is 0 Å². The summed E-state index contributed by atoms with van der Waals surface area (Å²) < 4.78 is 8.00. The van der Waals surface area contributed by atoms with Gasteiger partial charge in [0.2, 0.25) is 0 Å². The Balaban J connectivity index is 2.85. The molecular formula is C11H26N3Sn. The van der Waals surface area contributed by atoms with Gasteiger partial charge in [-0.3, -0.25) is 0 Å². The second-order valence-corrected chi connectivity index (χ2v) is 13.0. The summed E-state index contributed by atoms with van der Waals surface area (Å²) in [4.78, 5) is 0. The Labute approximate surface area is 103 Å². The predicted molar refractivity (Wildman–Crippen MR) is 67.5 cm³/mol. The molecule has 1 fully saturated rings. The van der Waals surface area contributed by atoms with E-state index in [9.17, 15) is 0 Å². The van der Waals surface area contributed by atoms with Gasteiger partial charge in [-0.1, -0.05) is 0 Å². The summed E-state index contributed by atoms with van der Waals surface area (Å²) in [7, 11) is 4.49. The molecule has 1 aliphatic rings. The Bertz CT molecular complexity index is 222. The van der Waals surface area contributed by atoms with Gasteiger partial charge in [0.25, 0.3) is 0 Å². The van der Waals surface area contributed by atoms with E-state index < -0.39 is 20.6 Å². The first-order valence-electron chi connectivity index (χ1n) is 5.80. The average molecular weight is 319 g/mol. The van der Waals surface area contributed by atoms with Crippen LogP contribution in [0.15, 0.2) is 0 Å². The zero-order chi connectivity index (χ0) is 12.0. The summed E-state index contributed by atoms with van der Waals surface area (Å²) in [5, 5.41) is 0. The fourth-order valence-corrected chi connectivity index (χ4v) is 10.9. The zero-order valence-corrected chi connectivity index (χ0v) is 14.4. The summed E-state index contributed by atoms with van der Waals surface area (Å²) in [5.41, 5.74) is 0.323. The van der Waals surface area contributed by atoms with E-state index in [0.29, 0.717) is 17.7 Å². The molecule has 0 aromatic carbocycles. The van der Waals surface area contributed by atoms with Gasteiger partial charge in [-0.15, -0.1) is 0 Å². The van der Waals surface area contributed by atoms with Crippen LogP contribution in [0.3, 0.4) is 0 Å². The van der Waals surface area contributed by atoms with Crippen LogP contribution in [0.4, 0.5) is 0 Å². The minimum absolute atomic E-state index is 0.323. The fraction of sp³-hybridized carbons (Fsp3) is 1.00. The van der Waals surface area contributed by atoms with Crippen molar-refractivity contribution in [3.05, 3.63) is 0 Å². The Morgan fingerprint density at radius 1 is 1.20 bits per heavy atom. The second-order valence-electron chi connectivity index (χ2n) is 5.87. The van der Waals surface area contributed by atoms with Crippen molar-refractivity contribution in [3.63, 3.8) is 0 Å². The van der Waals surface area contributed by atoms with Gasteiger partial charge in [0.1, 0.15) is 0 Å². The molecule has 0 aromatic rings. The summed E-state index contributed by atoms with van der Waals surface area (Å²) in [5.74, 6) is 0. The standard InChI is InChI=1S/C9H20N2.C2H6N.Sn/c1-7(2)10-8(3)11-9(4,5)6;1-3-2;/h7-8H,1-6H3;1-2H3;/q-2;-1;+3. The maximum absolute atomic E-state index is 2.76. The second kappa shape index (κ2) is 4.51. The molecule has 4 heteroatoms. The molecule has 1 saturated heterocycles. The fourth-order valence-electron chi connectivity index (χ4n) is 2.50. The van der Waals surface area contributed by atoms with Crippen LogP contribution in [0.5, 0.6) is 0 Å². The third kappa shape index (κ3) is 2.51. The minimum atomic E-state index is -1.66. The number of hydrogen-bond acceptors (Lipinski definition) is 3. The molecule has 1 atom stereocenters. The quantitative estimate of drug-likeness (QED) is 0.718. The van der Waals surface area contributed by atoms with Crippen molar-refractivity contribution in [2.75, 3.05) is 14.1 Å². The van der Waals surface area contributed by atoms with Crippen LogP contribution < -0.4 is 0 Å². The van der Waals surface area contributed by atoms with Crippen LogP contribution in [0, 0.1) is 0 Å². The molecular weight excluding hydrogens is 293 g/mol. The number of rotatable bonds is 2. The number of nitrogens with zero attached hydrogens (tertiary/aromatic N) is 3. The molecule has 89 valence electrons. The topological polar surface area (TPSA) is 9.72 Å². The molecule has 0 amide bonds. The molecule has 3 nitrogen and oxygen atoms in total. The monoisotopic (exact) mass is 320 g/mol. The molecule has 0 saturated carbocycles. The van der Waals surface area contributed by atoms with Crippen LogP contribution in [-0.4, -0.2) is 61.8 Å². The van der Waals surface area contributed by atoms with E-state index in [1.54, 1.807) is 0 Å². The molecule has 1 heterocycles. The summed E-state index contributed by atoms with van der Waals surface area (Å²) in [6, 6.07) is 0.690. The van der Waals surface area contributed by atoms with Gasteiger partial charge >= 0.3 is 103 Å².